The average Bonchev–Trinajstić information content (AvgIpc) is 2.84. The molecule has 7 heteroatoms. The number of hydrogen-bond donors (Lipinski definition) is 1. The highest BCUT2D eigenvalue weighted by Crippen LogP contribution is 2.31. The van der Waals surface area contributed by atoms with Crippen LogP contribution in [-0.2, 0) is 13.6 Å². The van der Waals surface area contributed by atoms with Gasteiger partial charge in [0.25, 0.3) is 0 Å². The van der Waals surface area contributed by atoms with E-state index in [1.165, 1.54) is 6.33 Å². The molecule has 2 aromatic rings. The van der Waals surface area contributed by atoms with Crippen molar-refractivity contribution < 1.29 is 4.74 Å². The summed E-state index contributed by atoms with van der Waals surface area (Å²) in [5, 5.41) is 7.34. The Morgan fingerprint density at radius 2 is 2.20 bits per heavy atom. The maximum atomic E-state index is 5.44. The summed E-state index contributed by atoms with van der Waals surface area (Å²) in [6.07, 6.45) is 5.36. The van der Waals surface area contributed by atoms with E-state index < -0.39 is 0 Å². The van der Waals surface area contributed by atoms with Crippen molar-refractivity contribution in [1.29, 1.82) is 0 Å². The lowest BCUT2D eigenvalue weighted by molar-refractivity contribution is 0.412. The van der Waals surface area contributed by atoms with Gasteiger partial charge in [0.1, 0.15) is 6.33 Å². The quantitative estimate of drug-likeness (QED) is 0.857. The largest absolute Gasteiger partial charge is 0.490 e. The summed E-state index contributed by atoms with van der Waals surface area (Å²) >= 11 is 0. The van der Waals surface area contributed by atoms with Gasteiger partial charge in [-0.15, -0.1) is 0 Å². The van der Waals surface area contributed by atoms with Crippen LogP contribution in [0.25, 0.3) is 0 Å². The molecule has 2 heterocycles. The van der Waals surface area contributed by atoms with Gasteiger partial charge in [-0.25, -0.2) is 9.97 Å². The molecule has 0 spiro atoms. The normalized spacial score (nSPS) is 10.4. The van der Waals surface area contributed by atoms with Crippen LogP contribution in [0.5, 0.6) is 5.75 Å². The smallest absolute Gasteiger partial charge is 0.204 e. The van der Waals surface area contributed by atoms with Crippen molar-refractivity contribution >= 4 is 11.6 Å². The summed E-state index contributed by atoms with van der Waals surface area (Å²) in [6.45, 7) is 3.49. The molecule has 0 aliphatic carbocycles. The van der Waals surface area contributed by atoms with Crippen molar-refractivity contribution in [3.63, 3.8) is 0 Å². The molecule has 0 aliphatic rings. The second-order valence-corrected chi connectivity index (χ2v) is 4.49. The average molecular weight is 276 g/mol. The topological polar surface area (TPSA) is 68.1 Å². The molecule has 20 heavy (non-hydrogen) atoms. The summed E-state index contributed by atoms with van der Waals surface area (Å²) in [6, 6.07) is 0. The second-order valence-electron chi connectivity index (χ2n) is 4.49. The first kappa shape index (κ1) is 14.1. The van der Waals surface area contributed by atoms with Crippen LogP contribution >= 0.6 is 0 Å². The van der Waals surface area contributed by atoms with Gasteiger partial charge in [-0.1, -0.05) is 0 Å². The number of ether oxygens (including phenoxy) is 1. The van der Waals surface area contributed by atoms with E-state index >= 15 is 0 Å². The molecule has 1 N–H and O–H groups in total. The number of nitrogens with zero attached hydrogens (tertiary/aromatic N) is 5. The fourth-order valence-electron chi connectivity index (χ4n) is 2.02. The fourth-order valence-corrected chi connectivity index (χ4v) is 2.02. The van der Waals surface area contributed by atoms with Crippen LogP contribution in [0.2, 0.25) is 0 Å². The maximum absolute atomic E-state index is 5.44. The molecule has 0 saturated carbocycles. The summed E-state index contributed by atoms with van der Waals surface area (Å²) in [5.41, 5.74) is 1.11. The van der Waals surface area contributed by atoms with E-state index in [0.717, 1.165) is 17.9 Å². The number of aromatic nitrogens is 4. The van der Waals surface area contributed by atoms with E-state index in [0.29, 0.717) is 18.1 Å². The predicted octanol–water partition coefficient (Wildman–Crippen LogP) is 1.29. The molecule has 2 rings (SSSR count). The van der Waals surface area contributed by atoms with Crippen molar-refractivity contribution in [3.8, 4) is 5.75 Å². The third kappa shape index (κ3) is 2.98. The predicted molar refractivity (Wildman–Crippen MR) is 78.1 cm³/mol. The third-order valence-electron chi connectivity index (χ3n) is 2.87. The van der Waals surface area contributed by atoms with Gasteiger partial charge in [0.05, 0.1) is 13.3 Å². The third-order valence-corrected chi connectivity index (χ3v) is 2.87. The molecule has 0 aliphatic heterocycles. The first-order valence-corrected chi connectivity index (χ1v) is 6.47. The highest BCUT2D eigenvalue weighted by molar-refractivity contribution is 5.64. The van der Waals surface area contributed by atoms with Crippen LogP contribution in [-0.4, -0.2) is 40.5 Å². The number of methoxy groups -OCH3 is 1. The van der Waals surface area contributed by atoms with Crippen LogP contribution < -0.4 is 15.0 Å². The second kappa shape index (κ2) is 6.23. The molecular formula is C13H20N6O. The van der Waals surface area contributed by atoms with Gasteiger partial charge < -0.3 is 15.0 Å². The lowest BCUT2D eigenvalue weighted by Gasteiger charge is -2.21. The zero-order valence-electron chi connectivity index (χ0n) is 12.3. The molecule has 108 valence electrons. The van der Waals surface area contributed by atoms with Crippen molar-refractivity contribution in [2.24, 2.45) is 7.05 Å². The number of anilines is 2. The Morgan fingerprint density at radius 3 is 2.80 bits per heavy atom. The molecule has 0 bridgehead atoms. The van der Waals surface area contributed by atoms with Crippen molar-refractivity contribution in [2.45, 2.75) is 13.5 Å². The Kier molecular flexibility index (Phi) is 4.39. The molecule has 0 amide bonds. The maximum Gasteiger partial charge on any atom is 0.204 e. The Labute approximate surface area is 118 Å². The van der Waals surface area contributed by atoms with Gasteiger partial charge in [0, 0.05) is 38.9 Å². The van der Waals surface area contributed by atoms with Crippen LogP contribution in [0.15, 0.2) is 18.7 Å². The zero-order chi connectivity index (χ0) is 14.5. The Balaban J connectivity index is 2.24. The Bertz CT molecular complexity index is 568. The number of rotatable bonds is 6. The Morgan fingerprint density at radius 1 is 1.40 bits per heavy atom. The van der Waals surface area contributed by atoms with Gasteiger partial charge in [0.15, 0.2) is 11.6 Å². The number of nitrogens with one attached hydrogen (secondary N) is 1. The highest BCUT2D eigenvalue weighted by atomic mass is 16.5. The van der Waals surface area contributed by atoms with E-state index in [9.17, 15) is 0 Å². The summed E-state index contributed by atoms with van der Waals surface area (Å²) in [7, 11) is 5.49. The standard InChI is InChI=1S/C13H20N6O/c1-5-14-12-11(20-4)13(16-9-15-12)18(2)7-10-6-17-19(3)8-10/h6,8-9H,5,7H2,1-4H3,(H,14,15,16). The molecule has 0 fully saturated rings. The monoisotopic (exact) mass is 276 g/mol. The van der Waals surface area contributed by atoms with Crippen LogP contribution in [0, 0.1) is 0 Å². The first-order valence-electron chi connectivity index (χ1n) is 6.47. The molecule has 2 aromatic heterocycles. The molecule has 0 unspecified atom stereocenters. The van der Waals surface area contributed by atoms with E-state index in [-0.39, 0.29) is 0 Å². The lowest BCUT2D eigenvalue weighted by atomic mass is 10.3. The molecule has 0 saturated heterocycles. The van der Waals surface area contributed by atoms with Gasteiger partial charge >= 0.3 is 0 Å². The highest BCUT2D eigenvalue weighted by Gasteiger charge is 2.15. The number of hydrogen-bond acceptors (Lipinski definition) is 6. The van der Waals surface area contributed by atoms with Gasteiger partial charge in [-0.2, -0.15) is 5.10 Å². The summed E-state index contributed by atoms with van der Waals surface area (Å²) in [4.78, 5) is 10.5. The molecular weight excluding hydrogens is 256 g/mol. The molecule has 0 aromatic carbocycles. The minimum Gasteiger partial charge on any atom is -0.490 e. The van der Waals surface area contributed by atoms with Gasteiger partial charge in [0.2, 0.25) is 5.75 Å². The Hall–Kier alpha value is -2.31. The van der Waals surface area contributed by atoms with Crippen LogP contribution in [0.3, 0.4) is 0 Å². The lowest BCUT2D eigenvalue weighted by Crippen LogP contribution is -2.19. The molecule has 0 atom stereocenters. The fraction of sp³-hybridized carbons (Fsp3) is 0.462. The van der Waals surface area contributed by atoms with Crippen LogP contribution in [0.1, 0.15) is 12.5 Å². The van der Waals surface area contributed by atoms with E-state index in [4.69, 9.17) is 4.74 Å². The van der Waals surface area contributed by atoms with Gasteiger partial charge in [-0.05, 0) is 6.92 Å². The van der Waals surface area contributed by atoms with Gasteiger partial charge in [-0.3, -0.25) is 4.68 Å². The minimum absolute atomic E-state index is 0.653. The van der Waals surface area contributed by atoms with E-state index in [2.05, 4.69) is 20.4 Å². The van der Waals surface area contributed by atoms with Crippen molar-refractivity contribution in [3.05, 3.63) is 24.3 Å². The number of aryl methyl sites for hydroxylation is 1. The van der Waals surface area contributed by atoms with Crippen molar-refractivity contribution in [1.82, 2.24) is 19.7 Å². The van der Waals surface area contributed by atoms with E-state index in [1.807, 2.05) is 38.3 Å². The van der Waals surface area contributed by atoms with Crippen molar-refractivity contribution in [2.75, 3.05) is 30.9 Å². The van der Waals surface area contributed by atoms with E-state index in [1.54, 1.807) is 11.8 Å². The van der Waals surface area contributed by atoms with Crippen LogP contribution in [0.4, 0.5) is 11.6 Å². The molecule has 0 radical (unpaired) electrons. The minimum atomic E-state index is 0.653. The first-order chi connectivity index (χ1) is 9.65. The SMILES string of the molecule is CCNc1ncnc(N(C)Cc2cnn(C)c2)c1OC. The summed E-state index contributed by atoms with van der Waals surface area (Å²) in [5.74, 6) is 2.11. The zero-order valence-corrected chi connectivity index (χ0v) is 12.3. The summed E-state index contributed by atoms with van der Waals surface area (Å²) < 4.78 is 7.23. The molecule has 7 nitrogen and oxygen atoms in total.